The second-order valence-electron chi connectivity index (χ2n) is 11.4. The van der Waals surface area contributed by atoms with E-state index in [1.165, 1.54) is 23.1 Å². The van der Waals surface area contributed by atoms with E-state index in [1.54, 1.807) is 0 Å². The Hall–Kier alpha value is -1.98. The largest absolute Gasteiger partial charge is 0.396 e. The molecule has 3 N–H and O–H groups in total. The molecule has 1 amide bonds. The quantitative estimate of drug-likeness (QED) is 0.451. The van der Waals surface area contributed by atoms with Gasteiger partial charge in [0.1, 0.15) is 5.78 Å². The number of hydrogen-bond donors (Lipinski definition) is 2. The first-order valence-corrected chi connectivity index (χ1v) is 14.6. The van der Waals surface area contributed by atoms with Crippen LogP contribution in [0.3, 0.4) is 0 Å². The number of aryl methyl sites for hydroxylation is 1. The molecule has 36 heavy (non-hydrogen) atoms. The van der Waals surface area contributed by atoms with Crippen LogP contribution in [0.2, 0.25) is 0 Å². The Kier molecular flexibility index (Phi) is 7.69. The van der Waals surface area contributed by atoms with Gasteiger partial charge in [0.2, 0.25) is 5.91 Å². The first-order chi connectivity index (χ1) is 17.4. The zero-order chi connectivity index (χ0) is 25.3. The van der Waals surface area contributed by atoms with Crippen molar-refractivity contribution in [3.05, 3.63) is 68.7 Å². The number of hydrogen-bond acceptors (Lipinski definition) is 3. The lowest BCUT2D eigenvalue weighted by atomic mass is 9.63. The average Bonchev–Trinajstić information content (AvgIpc) is 3.00. The molecule has 0 radical (unpaired) electrons. The van der Waals surface area contributed by atoms with Gasteiger partial charge in [0.25, 0.3) is 0 Å². The number of primary amides is 1. The SMILES string of the molecule is NC(=O)c1c(Br)cccc1CC1CCc2cc(C3CCC(CO)CC3)ccc2C2(CCCCC2)C1=O. The van der Waals surface area contributed by atoms with Crippen molar-refractivity contribution in [3.8, 4) is 0 Å². The molecule has 2 fully saturated rings. The van der Waals surface area contributed by atoms with E-state index >= 15 is 0 Å². The zero-order valence-electron chi connectivity index (χ0n) is 21.1. The predicted octanol–water partition coefficient (Wildman–Crippen LogP) is 6.39. The molecule has 4 nitrogen and oxygen atoms in total. The summed E-state index contributed by atoms with van der Waals surface area (Å²) in [5.41, 5.74) is 10.7. The maximum absolute atomic E-state index is 14.4. The molecule has 1 unspecified atom stereocenters. The van der Waals surface area contributed by atoms with Crippen molar-refractivity contribution in [2.75, 3.05) is 6.61 Å². The fourth-order valence-corrected chi connectivity index (χ4v) is 7.95. The summed E-state index contributed by atoms with van der Waals surface area (Å²) in [7, 11) is 0. The van der Waals surface area contributed by atoms with Gasteiger partial charge in [-0.1, -0.05) is 49.6 Å². The summed E-state index contributed by atoms with van der Waals surface area (Å²) in [6.07, 6.45) is 12.0. The summed E-state index contributed by atoms with van der Waals surface area (Å²) < 4.78 is 0.699. The number of fused-ring (bicyclic) bond motifs is 2. The van der Waals surface area contributed by atoms with E-state index in [4.69, 9.17) is 5.73 Å². The third-order valence-corrected chi connectivity index (χ3v) is 10.0. The average molecular weight is 553 g/mol. The highest BCUT2D eigenvalue weighted by molar-refractivity contribution is 9.10. The molecular weight excluding hydrogens is 514 g/mol. The molecule has 1 atom stereocenters. The molecule has 0 heterocycles. The molecular formula is C31H38BrNO3. The van der Waals surface area contributed by atoms with Crippen molar-refractivity contribution >= 4 is 27.6 Å². The van der Waals surface area contributed by atoms with Crippen molar-refractivity contribution < 1.29 is 14.7 Å². The number of aliphatic hydroxyl groups is 1. The van der Waals surface area contributed by atoms with Crippen molar-refractivity contribution in [2.24, 2.45) is 17.6 Å². The van der Waals surface area contributed by atoms with Gasteiger partial charge in [0.15, 0.2) is 0 Å². The van der Waals surface area contributed by atoms with Crippen LogP contribution in [0.1, 0.15) is 103 Å². The second kappa shape index (κ2) is 10.8. The van der Waals surface area contributed by atoms with Gasteiger partial charge in [-0.2, -0.15) is 0 Å². The molecule has 192 valence electrons. The van der Waals surface area contributed by atoms with Crippen LogP contribution in [-0.4, -0.2) is 23.4 Å². The van der Waals surface area contributed by atoms with Gasteiger partial charge in [0, 0.05) is 17.0 Å². The third kappa shape index (κ3) is 4.81. The zero-order valence-corrected chi connectivity index (χ0v) is 22.7. The lowest BCUT2D eigenvalue weighted by Gasteiger charge is -2.39. The van der Waals surface area contributed by atoms with Gasteiger partial charge in [-0.25, -0.2) is 0 Å². The lowest BCUT2D eigenvalue weighted by molar-refractivity contribution is -0.129. The molecule has 2 aromatic carbocycles. The van der Waals surface area contributed by atoms with Gasteiger partial charge in [0.05, 0.1) is 11.0 Å². The van der Waals surface area contributed by atoms with E-state index in [9.17, 15) is 14.7 Å². The molecule has 3 aliphatic carbocycles. The number of carbonyl (C=O) groups is 2. The van der Waals surface area contributed by atoms with Crippen LogP contribution in [0.5, 0.6) is 0 Å². The van der Waals surface area contributed by atoms with E-state index in [1.807, 2.05) is 18.2 Å². The summed E-state index contributed by atoms with van der Waals surface area (Å²) in [4.78, 5) is 26.6. The highest BCUT2D eigenvalue weighted by atomic mass is 79.9. The number of aliphatic hydroxyl groups excluding tert-OH is 1. The van der Waals surface area contributed by atoms with Gasteiger partial charge < -0.3 is 10.8 Å². The number of nitrogens with two attached hydrogens (primary N) is 1. The Labute approximate surface area is 223 Å². The molecule has 2 aromatic rings. The van der Waals surface area contributed by atoms with Crippen LogP contribution in [-0.2, 0) is 23.1 Å². The highest BCUT2D eigenvalue weighted by Crippen LogP contribution is 2.48. The van der Waals surface area contributed by atoms with Crippen molar-refractivity contribution in [1.82, 2.24) is 0 Å². The first-order valence-electron chi connectivity index (χ1n) is 13.8. The van der Waals surface area contributed by atoms with Crippen LogP contribution in [0.4, 0.5) is 0 Å². The minimum absolute atomic E-state index is 0.119. The smallest absolute Gasteiger partial charge is 0.250 e. The fraction of sp³-hybridized carbons (Fsp3) is 0.548. The maximum atomic E-state index is 14.4. The number of Topliss-reactive ketones (excluding diaryl/α,β-unsaturated/α-hetero) is 1. The Morgan fingerprint density at radius 1 is 1.03 bits per heavy atom. The van der Waals surface area contributed by atoms with Crippen molar-refractivity contribution in [1.29, 1.82) is 0 Å². The second-order valence-corrected chi connectivity index (χ2v) is 12.3. The normalized spacial score (nSPS) is 25.8. The summed E-state index contributed by atoms with van der Waals surface area (Å²) in [5.74, 6) is 0.804. The molecule has 5 rings (SSSR count). The molecule has 3 aliphatic rings. The van der Waals surface area contributed by atoms with Gasteiger partial charge in [-0.15, -0.1) is 0 Å². The minimum Gasteiger partial charge on any atom is -0.396 e. The number of ketones is 1. The number of rotatable bonds is 5. The van der Waals surface area contributed by atoms with Crippen LogP contribution < -0.4 is 5.73 Å². The summed E-state index contributed by atoms with van der Waals surface area (Å²) in [6.45, 7) is 0.304. The molecule has 0 aliphatic heterocycles. The van der Waals surface area contributed by atoms with E-state index in [0.717, 1.165) is 69.8 Å². The van der Waals surface area contributed by atoms with Crippen molar-refractivity contribution in [3.63, 3.8) is 0 Å². The van der Waals surface area contributed by atoms with Gasteiger partial charge in [-0.05, 0) is 114 Å². The number of amides is 1. The highest BCUT2D eigenvalue weighted by Gasteiger charge is 2.46. The summed E-state index contributed by atoms with van der Waals surface area (Å²) in [6, 6.07) is 12.7. The Morgan fingerprint density at radius 2 is 1.78 bits per heavy atom. The van der Waals surface area contributed by atoms with Crippen LogP contribution >= 0.6 is 15.9 Å². The Balaban J connectivity index is 1.48. The van der Waals surface area contributed by atoms with E-state index < -0.39 is 11.3 Å². The van der Waals surface area contributed by atoms with Crippen LogP contribution in [0.15, 0.2) is 40.9 Å². The van der Waals surface area contributed by atoms with E-state index in [-0.39, 0.29) is 5.92 Å². The Bertz CT molecular complexity index is 1130. The molecule has 0 saturated heterocycles. The van der Waals surface area contributed by atoms with Crippen LogP contribution in [0.25, 0.3) is 0 Å². The molecule has 0 bridgehead atoms. The number of benzene rings is 2. The van der Waals surface area contributed by atoms with E-state index in [0.29, 0.717) is 40.7 Å². The topological polar surface area (TPSA) is 80.4 Å². The number of carbonyl (C=O) groups excluding carboxylic acids is 2. The molecule has 2 saturated carbocycles. The van der Waals surface area contributed by atoms with Gasteiger partial charge >= 0.3 is 0 Å². The Morgan fingerprint density at radius 3 is 2.47 bits per heavy atom. The fourth-order valence-electron chi connectivity index (χ4n) is 7.35. The van der Waals surface area contributed by atoms with Crippen molar-refractivity contribution in [2.45, 2.75) is 88.4 Å². The summed E-state index contributed by atoms with van der Waals surface area (Å²) in [5, 5.41) is 9.54. The number of halogens is 1. The third-order valence-electron chi connectivity index (χ3n) is 9.35. The van der Waals surface area contributed by atoms with E-state index in [2.05, 4.69) is 34.1 Å². The lowest BCUT2D eigenvalue weighted by Crippen LogP contribution is -2.42. The first kappa shape index (κ1) is 25.7. The molecule has 0 aromatic heterocycles. The summed E-state index contributed by atoms with van der Waals surface area (Å²) >= 11 is 3.49. The minimum atomic E-state index is -0.449. The maximum Gasteiger partial charge on any atom is 0.250 e. The predicted molar refractivity (Wildman–Crippen MR) is 146 cm³/mol. The molecule has 1 spiro atoms. The van der Waals surface area contributed by atoms with Gasteiger partial charge in [-0.3, -0.25) is 9.59 Å². The monoisotopic (exact) mass is 551 g/mol. The molecule has 5 heteroatoms. The standard InChI is InChI=1S/C31H38BrNO3/c32-27-6-4-5-24(28(27)30(33)36)18-25-12-11-23-17-22(21-9-7-20(19-34)8-10-21)13-14-26(23)31(29(25)35)15-2-1-3-16-31/h4-6,13-14,17,20-21,25,34H,1-3,7-12,15-16,18-19H2,(H2,33,36). The van der Waals surface area contributed by atoms with Crippen LogP contribution in [0, 0.1) is 11.8 Å².